The molecule has 0 bridgehead atoms. The lowest BCUT2D eigenvalue weighted by Crippen LogP contribution is -2.34. The standard InChI is InChI=1S/C30H25Cl2N5O3/c31-22-8-11-26(27(32)16-22)30(19-37-15-14-33-20-37)39-18-25(40-30)17-38-24-9-6-21(7-10-24)28-12-13-34-29(36-28)35-23-4-2-1-3-5-23/h1-16,20,25H,17-19H2,(H,34,35,36). The van der Waals surface area contributed by atoms with Gasteiger partial charge in [-0.25, -0.2) is 15.0 Å². The van der Waals surface area contributed by atoms with Crippen molar-refractivity contribution in [1.82, 2.24) is 19.5 Å². The highest BCUT2D eigenvalue weighted by Gasteiger charge is 2.45. The summed E-state index contributed by atoms with van der Waals surface area (Å²) in [7, 11) is 0. The molecule has 2 aromatic heterocycles. The molecule has 0 saturated carbocycles. The lowest BCUT2D eigenvalue weighted by molar-refractivity contribution is -0.189. The molecule has 8 nitrogen and oxygen atoms in total. The van der Waals surface area contributed by atoms with E-state index in [1.165, 1.54) is 0 Å². The Morgan fingerprint density at radius 1 is 1.00 bits per heavy atom. The molecule has 6 rings (SSSR count). The van der Waals surface area contributed by atoms with Crippen LogP contribution in [0.1, 0.15) is 5.56 Å². The second-order valence-electron chi connectivity index (χ2n) is 9.25. The molecule has 2 unspecified atom stereocenters. The molecule has 40 heavy (non-hydrogen) atoms. The Labute approximate surface area is 241 Å². The summed E-state index contributed by atoms with van der Waals surface area (Å²) in [4.78, 5) is 13.1. The number of halogens is 2. The molecule has 202 valence electrons. The van der Waals surface area contributed by atoms with Crippen molar-refractivity contribution in [3.05, 3.63) is 119 Å². The van der Waals surface area contributed by atoms with Gasteiger partial charge in [-0.2, -0.15) is 0 Å². The first-order chi connectivity index (χ1) is 19.6. The highest BCUT2D eigenvalue weighted by molar-refractivity contribution is 6.35. The average Bonchev–Trinajstić information content (AvgIpc) is 3.63. The number of rotatable bonds is 9. The molecule has 0 spiro atoms. The predicted molar refractivity (Wildman–Crippen MR) is 154 cm³/mol. The van der Waals surface area contributed by atoms with Gasteiger partial charge in [0.15, 0.2) is 0 Å². The zero-order chi connectivity index (χ0) is 27.4. The molecule has 3 aromatic carbocycles. The molecule has 0 radical (unpaired) electrons. The fraction of sp³-hybridized carbons (Fsp3) is 0.167. The lowest BCUT2D eigenvalue weighted by atomic mass is 10.1. The Balaban J connectivity index is 1.12. The summed E-state index contributed by atoms with van der Waals surface area (Å²) >= 11 is 12.7. The number of nitrogens with one attached hydrogen (secondary N) is 1. The maximum atomic E-state index is 6.56. The summed E-state index contributed by atoms with van der Waals surface area (Å²) in [5.74, 6) is 0.140. The van der Waals surface area contributed by atoms with Crippen LogP contribution >= 0.6 is 23.2 Å². The highest BCUT2D eigenvalue weighted by atomic mass is 35.5. The van der Waals surface area contributed by atoms with Gasteiger partial charge in [0.1, 0.15) is 18.5 Å². The highest BCUT2D eigenvalue weighted by Crippen LogP contribution is 2.40. The van der Waals surface area contributed by atoms with Gasteiger partial charge in [-0.1, -0.05) is 47.5 Å². The summed E-state index contributed by atoms with van der Waals surface area (Å²) < 4.78 is 20.7. The molecule has 1 fully saturated rings. The molecule has 1 saturated heterocycles. The SMILES string of the molecule is Clc1ccc(C2(Cn3ccnc3)OCC(COc3ccc(-c4ccnc(Nc5ccccc5)n4)cc3)O2)c(Cl)c1. The number of nitrogens with zero attached hydrogens (tertiary/aromatic N) is 4. The molecule has 1 aliphatic rings. The molecule has 2 atom stereocenters. The zero-order valence-electron chi connectivity index (χ0n) is 21.3. The number of benzene rings is 3. The fourth-order valence-electron chi connectivity index (χ4n) is 4.52. The molecular formula is C30H25Cl2N5O3. The van der Waals surface area contributed by atoms with Crippen LogP contribution < -0.4 is 10.1 Å². The van der Waals surface area contributed by atoms with Crippen LogP contribution in [0.3, 0.4) is 0 Å². The van der Waals surface area contributed by atoms with Crippen molar-refractivity contribution < 1.29 is 14.2 Å². The van der Waals surface area contributed by atoms with Crippen LogP contribution in [-0.4, -0.2) is 38.8 Å². The summed E-state index contributed by atoms with van der Waals surface area (Å²) in [5.41, 5.74) is 3.37. The van der Waals surface area contributed by atoms with Crippen molar-refractivity contribution in [2.24, 2.45) is 0 Å². The van der Waals surface area contributed by atoms with Gasteiger partial charge >= 0.3 is 0 Å². The van der Waals surface area contributed by atoms with E-state index in [9.17, 15) is 0 Å². The van der Waals surface area contributed by atoms with E-state index in [1.54, 1.807) is 30.9 Å². The molecule has 1 N–H and O–H groups in total. The third kappa shape index (κ3) is 5.95. The zero-order valence-corrected chi connectivity index (χ0v) is 22.8. The first-order valence-corrected chi connectivity index (χ1v) is 13.4. The average molecular weight is 574 g/mol. The minimum atomic E-state index is -1.10. The van der Waals surface area contributed by atoms with Gasteiger partial charge in [-0.3, -0.25) is 0 Å². The minimum absolute atomic E-state index is 0.300. The van der Waals surface area contributed by atoms with Gasteiger partial charge in [0.05, 0.1) is 30.2 Å². The van der Waals surface area contributed by atoms with Crippen LogP contribution in [0.25, 0.3) is 11.3 Å². The Morgan fingerprint density at radius 3 is 2.62 bits per heavy atom. The minimum Gasteiger partial charge on any atom is -0.491 e. The van der Waals surface area contributed by atoms with Crippen LogP contribution in [0.2, 0.25) is 10.0 Å². The van der Waals surface area contributed by atoms with Crippen LogP contribution in [-0.2, 0) is 21.8 Å². The van der Waals surface area contributed by atoms with Gasteiger partial charge in [0.25, 0.3) is 0 Å². The van der Waals surface area contributed by atoms with Crippen LogP contribution in [0.5, 0.6) is 5.75 Å². The van der Waals surface area contributed by atoms with Crippen molar-refractivity contribution in [2.75, 3.05) is 18.5 Å². The largest absolute Gasteiger partial charge is 0.491 e. The molecule has 3 heterocycles. The first-order valence-electron chi connectivity index (χ1n) is 12.7. The monoisotopic (exact) mass is 573 g/mol. The van der Waals surface area contributed by atoms with E-state index in [2.05, 4.69) is 20.3 Å². The molecule has 1 aliphatic heterocycles. The number of para-hydroxylation sites is 1. The van der Waals surface area contributed by atoms with Crippen LogP contribution in [0, 0.1) is 0 Å². The van der Waals surface area contributed by atoms with Gasteiger partial charge in [0.2, 0.25) is 11.7 Å². The number of aromatic nitrogens is 4. The third-order valence-corrected chi connectivity index (χ3v) is 6.97. The van der Waals surface area contributed by atoms with Crippen molar-refractivity contribution in [3.8, 4) is 17.0 Å². The van der Waals surface area contributed by atoms with E-state index < -0.39 is 5.79 Å². The van der Waals surface area contributed by atoms with E-state index >= 15 is 0 Å². The third-order valence-electron chi connectivity index (χ3n) is 6.42. The van der Waals surface area contributed by atoms with E-state index in [-0.39, 0.29) is 6.10 Å². The molecule has 0 amide bonds. The summed E-state index contributed by atoms with van der Waals surface area (Å²) in [5, 5.41) is 4.23. The second-order valence-corrected chi connectivity index (χ2v) is 10.1. The number of anilines is 2. The van der Waals surface area contributed by atoms with Crippen molar-refractivity contribution in [3.63, 3.8) is 0 Å². The normalized spacial score (nSPS) is 18.5. The predicted octanol–water partition coefficient (Wildman–Crippen LogP) is 6.74. The van der Waals surface area contributed by atoms with Gasteiger partial charge < -0.3 is 24.1 Å². The second kappa shape index (κ2) is 11.7. The Kier molecular flexibility index (Phi) is 7.66. The number of hydrogen-bond acceptors (Lipinski definition) is 7. The van der Waals surface area contributed by atoms with Gasteiger partial charge in [0, 0.05) is 40.4 Å². The van der Waals surface area contributed by atoms with E-state index in [1.807, 2.05) is 77.5 Å². The first kappa shape index (κ1) is 26.3. The molecule has 0 aliphatic carbocycles. The lowest BCUT2D eigenvalue weighted by Gasteiger charge is -2.30. The van der Waals surface area contributed by atoms with Crippen molar-refractivity contribution >= 4 is 34.8 Å². The quantitative estimate of drug-likeness (QED) is 0.209. The van der Waals surface area contributed by atoms with Crippen LogP contribution in [0.4, 0.5) is 11.6 Å². The summed E-state index contributed by atoms with van der Waals surface area (Å²) in [6.45, 7) is 1.01. The van der Waals surface area contributed by atoms with E-state index in [0.29, 0.717) is 47.1 Å². The van der Waals surface area contributed by atoms with Gasteiger partial charge in [-0.15, -0.1) is 0 Å². The Hall–Kier alpha value is -3.95. The van der Waals surface area contributed by atoms with Crippen LogP contribution in [0.15, 0.2) is 104 Å². The Bertz CT molecular complexity index is 1570. The molecule has 10 heteroatoms. The summed E-state index contributed by atoms with van der Waals surface area (Å²) in [6.07, 6.45) is 6.68. The molecular weight excluding hydrogens is 549 g/mol. The smallest absolute Gasteiger partial charge is 0.227 e. The molecule has 5 aromatic rings. The number of imidazole rings is 1. The Morgan fingerprint density at radius 2 is 1.85 bits per heavy atom. The maximum absolute atomic E-state index is 6.56. The number of hydrogen-bond donors (Lipinski definition) is 1. The van der Waals surface area contributed by atoms with Crippen molar-refractivity contribution in [2.45, 2.75) is 18.4 Å². The maximum Gasteiger partial charge on any atom is 0.227 e. The summed E-state index contributed by atoms with van der Waals surface area (Å²) in [6, 6.07) is 24.7. The van der Waals surface area contributed by atoms with E-state index in [0.717, 1.165) is 16.9 Å². The topological polar surface area (TPSA) is 83.3 Å². The number of ether oxygens (including phenoxy) is 3. The van der Waals surface area contributed by atoms with Gasteiger partial charge in [-0.05, 0) is 54.6 Å². The van der Waals surface area contributed by atoms with E-state index in [4.69, 9.17) is 37.4 Å². The van der Waals surface area contributed by atoms with Crippen molar-refractivity contribution in [1.29, 1.82) is 0 Å². The fourth-order valence-corrected chi connectivity index (χ4v) is 5.07.